The molecular weight excluding hydrogens is 272 g/mol. The van der Waals surface area contributed by atoms with E-state index in [4.69, 9.17) is 0 Å². The first-order chi connectivity index (χ1) is 9.78. The molecule has 0 aromatic heterocycles. The van der Waals surface area contributed by atoms with Gasteiger partial charge in [0, 0.05) is 17.6 Å². The van der Waals surface area contributed by atoms with Gasteiger partial charge in [-0.15, -0.1) is 0 Å². The molecule has 3 atom stereocenters. The summed E-state index contributed by atoms with van der Waals surface area (Å²) in [5, 5.41) is 3.59. The largest absolute Gasteiger partial charge is 0.434 e. The van der Waals surface area contributed by atoms with Crippen LogP contribution in [0.5, 0.6) is 5.75 Å². The normalized spacial score (nSPS) is 26.0. The summed E-state index contributed by atoms with van der Waals surface area (Å²) in [5.74, 6) is 0.850. The molecule has 1 aliphatic carbocycles. The number of para-hydroxylation sites is 1. The summed E-state index contributed by atoms with van der Waals surface area (Å²) >= 11 is 0. The molecule has 4 heteroatoms. The fourth-order valence-corrected chi connectivity index (χ4v) is 3.57. The summed E-state index contributed by atoms with van der Waals surface area (Å²) in [6.45, 7) is 6.03. The van der Waals surface area contributed by atoms with Gasteiger partial charge >= 0.3 is 6.61 Å². The van der Waals surface area contributed by atoms with Crippen molar-refractivity contribution in [3.05, 3.63) is 29.8 Å². The van der Waals surface area contributed by atoms with Crippen molar-refractivity contribution >= 4 is 0 Å². The van der Waals surface area contributed by atoms with Gasteiger partial charge in [0.15, 0.2) is 0 Å². The van der Waals surface area contributed by atoms with Gasteiger partial charge in [-0.25, -0.2) is 0 Å². The zero-order chi connectivity index (χ0) is 15.6. The Morgan fingerprint density at radius 3 is 2.48 bits per heavy atom. The van der Waals surface area contributed by atoms with Gasteiger partial charge in [0.1, 0.15) is 5.75 Å². The number of rotatable bonds is 5. The van der Waals surface area contributed by atoms with Crippen LogP contribution in [0.2, 0.25) is 0 Å². The molecule has 118 valence electrons. The molecule has 0 radical (unpaired) electrons. The minimum atomic E-state index is -2.79. The molecule has 0 heterocycles. The van der Waals surface area contributed by atoms with E-state index >= 15 is 0 Å². The van der Waals surface area contributed by atoms with E-state index in [9.17, 15) is 8.78 Å². The summed E-state index contributed by atoms with van der Waals surface area (Å²) < 4.78 is 29.6. The Balaban J connectivity index is 2.09. The van der Waals surface area contributed by atoms with E-state index in [1.54, 1.807) is 12.1 Å². The highest BCUT2D eigenvalue weighted by Gasteiger charge is 2.37. The quantitative estimate of drug-likeness (QED) is 0.845. The molecular formula is C17H25F2NO. The minimum Gasteiger partial charge on any atom is -0.434 e. The molecule has 3 unspecified atom stereocenters. The predicted octanol–water partition coefficient (Wildman–Crippen LogP) is 4.76. The topological polar surface area (TPSA) is 21.3 Å². The highest BCUT2D eigenvalue weighted by Crippen LogP contribution is 2.42. The van der Waals surface area contributed by atoms with Crippen molar-refractivity contribution in [2.24, 2.45) is 11.3 Å². The second kappa shape index (κ2) is 6.30. The molecule has 2 nitrogen and oxygen atoms in total. The van der Waals surface area contributed by atoms with Crippen LogP contribution < -0.4 is 10.1 Å². The summed E-state index contributed by atoms with van der Waals surface area (Å²) in [6, 6.07) is 7.42. The third kappa shape index (κ3) is 4.16. The van der Waals surface area contributed by atoms with Crippen molar-refractivity contribution in [2.75, 3.05) is 0 Å². The monoisotopic (exact) mass is 297 g/mol. The van der Waals surface area contributed by atoms with Crippen LogP contribution in [0.25, 0.3) is 0 Å². The number of alkyl halides is 2. The van der Waals surface area contributed by atoms with Gasteiger partial charge in [-0.05, 0) is 37.2 Å². The van der Waals surface area contributed by atoms with E-state index in [1.807, 2.05) is 19.1 Å². The molecule has 0 aliphatic heterocycles. The van der Waals surface area contributed by atoms with Crippen molar-refractivity contribution in [1.82, 2.24) is 5.32 Å². The maximum absolute atomic E-state index is 12.5. The van der Waals surface area contributed by atoms with E-state index in [0.29, 0.717) is 17.4 Å². The Morgan fingerprint density at radius 2 is 1.90 bits per heavy atom. The van der Waals surface area contributed by atoms with Crippen LogP contribution in [0.4, 0.5) is 8.78 Å². The van der Waals surface area contributed by atoms with Crippen LogP contribution >= 0.6 is 0 Å². The molecule has 0 bridgehead atoms. The van der Waals surface area contributed by atoms with Gasteiger partial charge in [0.2, 0.25) is 0 Å². The van der Waals surface area contributed by atoms with Crippen LogP contribution in [0, 0.1) is 11.3 Å². The lowest BCUT2D eigenvalue weighted by molar-refractivity contribution is -0.0507. The predicted molar refractivity (Wildman–Crippen MR) is 80.6 cm³/mol. The number of hydrogen-bond donors (Lipinski definition) is 1. The van der Waals surface area contributed by atoms with Crippen molar-refractivity contribution in [3.8, 4) is 5.75 Å². The number of ether oxygens (including phenoxy) is 1. The third-order valence-corrected chi connectivity index (χ3v) is 4.40. The van der Waals surface area contributed by atoms with Crippen LogP contribution in [-0.2, 0) is 0 Å². The lowest BCUT2D eigenvalue weighted by Crippen LogP contribution is -2.34. The van der Waals surface area contributed by atoms with Crippen molar-refractivity contribution in [3.63, 3.8) is 0 Å². The Hall–Kier alpha value is -1.16. The molecule has 0 saturated heterocycles. The average Bonchev–Trinajstić information content (AvgIpc) is 2.62. The number of hydrogen-bond acceptors (Lipinski definition) is 2. The van der Waals surface area contributed by atoms with E-state index in [1.165, 1.54) is 6.42 Å². The number of benzene rings is 1. The van der Waals surface area contributed by atoms with Crippen LogP contribution in [0.15, 0.2) is 24.3 Å². The highest BCUT2D eigenvalue weighted by molar-refractivity contribution is 5.35. The zero-order valence-corrected chi connectivity index (χ0v) is 13.2. The van der Waals surface area contributed by atoms with E-state index in [0.717, 1.165) is 12.0 Å². The fraction of sp³-hybridized carbons (Fsp3) is 0.647. The second-order valence-electron chi connectivity index (χ2n) is 6.96. The Bertz CT molecular complexity index is 476. The number of halogens is 2. The smallest absolute Gasteiger partial charge is 0.387 e. The third-order valence-electron chi connectivity index (χ3n) is 4.40. The molecule has 1 aliphatic rings. The zero-order valence-electron chi connectivity index (χ0n) is 13.2. The molecule has 1 fully saturated rings. The Kier molecular flexibility index (Phi) is 4.87. The van der Waals surface area contributed by atoms with Gasteiger partial charge < -0.3 is 10.1 Å². The Labute approximate surface area is 125 Å². The van der Waals surface area contributed by atoms with Crippen molar-refractivity contribution in [1.29, 1.82) is 0 Å². The van der Waals surface area contributed by atoms with E-state index in [2.05, 4.69) is 30.8 Å². The average molecular weight is 297 g/mol. The van der Waals surface area contributed by atoms with Crippen LogP contribution in [0.3, 0.4) is 0 Å². The van der Waals surface area contributed by atoms with E-state index in [-0.39, 0.29) is 11.8 Å². The lowest BCUT2D eigenvalue weighted by Gasteiger charge is -2.25. The Morgan fingerprint density at radius 1 is 1.24 bits per heavy atom. The lowest BCUT2D eigenvalue weighted by atomic mass is 9.91. The van der Waals surface area contributed by atoms with Crippen LogP contribution in [0.1, 0.15) is 52.1 Å². The van der Waals surface area contributed by atoms with Gasteiger partial charge in [0.25, 0.3) is 0 Å². The number of nitrogens with one attached hydrogen (secondary N) is 1. The summed E-state index contributed by atoms with van der Waals surface area (Å²) in [4.78, 5) is 0. The summed E-state index contributed by atoms with van der Waals surface area (Å²) in [6.07, 6.45) is 2.29. The molecule has 1 N–H and O–H groups in total. The summed E-state index contributed by atoms with van der Waals surface area (Å²) in [5.41, 5.74) is 1.13. The van der Waals surface area contributed by atoms with Gasteiger partial charge in [0.05, 0.1) is 0 Å². The van der Waals surface area contributed by atoms with E-state index < -0.39 is 6.61 Å². The van der Waals surface area contributed by atoms with Crippen LogP contribution in [-0.4, -0.2) is 12.7 Å². The van der Waals surface area contributed by atoms with Gasteiger partial charge in [-0.1, -0.05) is 39.0 Å². The molecule has 21 heavy (non-hydrogen) atoms. The molecule has 2 rings (SSSR count). The summed E-state index contributed by atoms with van der Waals surface area (Å²) in [7, 11) is 0. The maximum atomic E-state index is 12.5. The standard InChI is InChI=1S/C17H25F2NO/c1-11-9-17(3,4)10-14(11)20-12(2)13-7-5-6-8-15(13)21-16(18)19/h5-8,11-12,14,16,20H,9-10H2,1-4H3. The molecule has 1 aromatic rings. The molecule has 0 spiro atoms. The molecule has 1 aromatic carbocycles. The van der Waals surface area contributed by atoms with Crippen molar-refractivity contribution < 1.29 is 13.5 Å². The van der Waals surface area contributed by atoms with Gasteiger partial charge in [-0.3, -0.25) is 0 Å². The minimum absolute atomic E-state index is 0.0127. The SMILES string of the molecule is CC(NC1CC(C)(C)CC1C)c1ccccc1OC(F)F. The first-order valence-electron chi connectivity index (χ1n) is 7.58. The highest BCUT2D eigenvalue weighted by atomic mass is 19.3. The first-order valence-corrected chi connectivity index (χ1v) is 7.58. The second-order valence-corrected chi connectivity index (χ2v) is 6.96. The van der Waals surface area contributed by atoms with Crippen molar-refractivity contribution in [2.45, 2.75) is 59.2 Å². The molecule has 1 saturated carbocycles. The first kappa shape index (κ1) is 16.2. The molecule has 0 amide bonds. The fourth-order valence-electron chi connectivity index (χ4n) is 3.57. The maximum Gasteiger partial charge on any atom is 0.387 e. The van der Waals surface area contributed by atoms with Gasteiger partial charge in [-0.2, -0.15) is 8.78 Å².